The Morgan fingerprint density at radius 2 is 1.86 bits per heavy atom. The summed E-state index contributed by atoms with van der Waals surface area (Å²) in [5.41, 5.74) is 3.99. The van der Waals surface area contributed by atoms with Crippen LogP contribution in [0.5, 0.6) is 17.2 Å². The number of ether oxygens (including phenoxy) is 3. The Morgan fingerprint density at radius 3 is 2.57 bits per heavy atom. The van der Waals surface area contributed by atoms with E-state index in [0.717, 1.165) is 11.8 Å². The number of carbonyl (C=O) groups is 1. The van der Waals surface area contributed by atoms with Crippen LogP contribution < -0.4 is 14.2 Å². The second-order valence-corrected chi connectivity index (χ2v) is 5.07. The topological polar surface area (TPSA) is 44.8 Å². The third kappa shape index (κ3) is 2.70. The average Bonchev–Trinajstić information content (AvgIpc) is 2.94. The largest absolute Gasteiger partial charge is 0.488 e. The molecule has 0 bridgehead atoms. The highest BCUT2D eigenvalue weighted by molar-refractivity contribution is 5.81. The van der Waals surface area contributed by atoms with E-state index in [0.29, 0.717) is 29.4 Å². The van der Waals surface area contributed by atoms with E-state index in [-0.39, 0.29) is 6.79 Å². The van der Waals surface area contributed by atoms with Gasteiger partial charge in [-0.2, -0.15) is 0 Å². The number of fused-ring (bicyclic) bond motifs is 1. The van der Waals surface area contributed by atoms with Crippen molar-refractivity contribution in [3.05, 3.63) is 52.6 Å². The molecule has 4 nitrogen and oxygen atoms in total. The molecule has 2 aromatic rings. The second kappa shape index (κ2) is 5.48. The van der Waals surface area contributed by atoms with Gasteiger partial charge in [-0.3, -0.25) is 4.79 Å². The maximum absolute atomic E-state index is 11.2. The van der Waals surface area contributed by atoms with E-state index in [2.05, 4.69) is 26.0 Å². The number of benzene rings is 2. The molecule has 1 aliphatic heterocycles. The first-order valence-electron chi connectivity index (χ1n) is 6.75. The standard InChI is InChI=1S/C17H16O4/c1-11-3-4-13(5-12(11)2)9-19-15-7-17-16(20-10-21-17)6-14(15)8-18/h3-8H,9-10H2,1-2H3. The molecule has 0 N–H and O–H groups in total. The van der Waals surface area contributed by atoms with E-state index in [1.165, 1.54) is 11.1 Å². The molecule has 108 valence electrons. The van der Waals surface area contributed by atoms with Gasteiger partial charge in [0.25, 0.3) is 0 Å². The lowest BCUT2D eigenvalue weighted by molar-refractivity contribution is 0.111. The van der Waals surface area contributed by atoms with Gasteiger partial charge in [0.15, 0.2) is 17.8 Å². The van der Waals surface area contributed by atoms with E-state index < -0.39 is 0 Å². The van der Waals surface area contributed by atoms with Gasteiger partial charge in [0, 0.05) is 6.07 Å². The van der Waals surface area contributed by atoms with Crippen LogP contribution in [0.2, 0.25) is 0 Å². The van der Waals surface area contributed by atoms with Crippen LogP contribution in [0, 0.1) is 13.8 Å². The smallest absolute Gasteiger partial charge is 0.231 e. The summed E-state index contributed by atoms with van der Waals surface area (Å²) in [5, 5.41) is 0. The van der Waals surface area contributed by atoms with Crippen LogP contribution in [-0.4, -0.2) is 13.1 Å². The minimum Gasteiger partial charge on any atom is -0.488 e. The van der Waals surface area contributed by atoms with Gasteiger partial charge in [-0.1, -0.05) is 18.2 Å². The fourth-order valence-corrected chi connectivity index (χ4v) is 2.21. The molecule has 0 amide bonds. The molecular formula is C17H16O4. The molecule has 0 saturated heterocycles. The van der Waals surface area contributed by atoms with Crippen LogP contribution in [0.3, 0.4) is 0 Å². The lowest BCUT2D eigenvalue weighted by atomic mass is 10.1. The first-order chi connectivity index (χ1) is 10.2. The molecule has 0 fully saturated rings. The van der Waals surface area contributed by atoms with Crippen molar-refractivity contribution < 1.29 is 19.0 Å². The van der Waals surface area contributed by atoms with Crippen molar-refractivity contribution in [1.29, 1.82) is 0 Å². The first-order valence-corrected chi connectivity index (χ1v) is 6.75. The Kier molecular flexibility index (Phi) is 3.52. The third-order valence-electron chi connectivity index (χ3n) is 3.60. The molecule has 1 heterocycles. The molecule has 0 aliphatic carbocycles. The van der Waals surface area contributed by atoms with Gasteiger partial charge in [-0.25, -0.2) is 0 Å². The summed E-state index contributed by atoms with van der Waals surface area (Å²) < 4.78 is 16.3. The lowest BCUT2D eigenvalue weighted by Crippen LogP contribution is -1.99. The molecule has 0 atom stereocenters. The summed E-state index contributed by atoms with van der Waals surface area (Å²) in [6, 6.07) is 9.52. The SMILES string of the molecule is Cc1ccc(COc2cc3c(cc2C=O)OCO3)cc1C. The third-order valence-corrected chi connectivity index (χ3v) is 3.60. The highest BCUT2D eigenvalue weighted by Gasteiger charge is 2.17. The molecule has 21 heavy (non-hydrogen) atoms. The summed E-state index contributed by atoms with van der Waals surface area (Å²) in [4.78, 5) is 11.2. The predicted octanol–water partition coefficient (Wildman–Crippen LogP) is 3.42. The van der Waals surface area contributed by atoms with Crippen molar-refractivity contribution >= 4 is 6.29 Å². The van der Waals surface area contributed by atoms with Crippen LogP contribution >= 0.6 is 0 Å². The predicted molar refractivity (Wildman–Crippen MR) is 78.2 cm³/mol. The van der Waals surface area contributed by atoms with Gasteiger partial charge in [0.2, 0.25) is 6.79 Å². The van der Waals surface area contributed by atoms with Gasteiger partial charge >= 0.3 is 0 Å². The molecule has 0 radical (unpaired) electrons. The quantitative estimate of drug-likeness (QED) is 0.807. The van der Waals surface area contributed by atoms with Crippen molar-refractivity contribution in [3.8, 4) is 17.2 Å². The van der Waals surface area contributed by atoms with Gasteiger partial charge in [-0.05, 0) is 36.6 Å². The normalized spacial score (nSPS) is 12.3. The summed E-state index contributed by atoms with van der Waals surface area (Å²) in [5.74, 6) is 1.69. The van der Waals surface area contributed by atoms with Gasteiger partial charge in [0.1, 0.15) is 12.4 Å². The Hall–Kier alpha value is -2.49. The number of carbonyl (C=O) groups excluding carboxylic acids is 1. The Balaban J connectivity index is 1.81. The van der Waals surface area contributed by atoms with Gasteiger partial charge < -0.3 is 14.2 Å². The minimum absolute atomic E-state index is 0.175. The Labute approximate surface area is 123 Å². The molecule has 4 heteroatoms. The highest BCUT2D eigenvalue weighted by Crippen LogP contribution is 2.37. The molecule has 0 aromatic heterocycles. The van der Waals surface area contributed by atoms with Crippen molar-refractivity contribution in [2.24, 2.45) is 0 Å². The van der Waals surface area contributed by atoms with Crippen molar-refractivity contribution in [2.45, 2.75) is 20.5 Å². The van der Waals surface area contributed by atoms with Crippen molar-refractivity contribution in [1.82, 2.24) is 0 Å². The van der Waals surface area contributed by atoms with E-state index in [1.54, 1.807) is 12.1 Å². The molecule has 0 spiro atoms. The van der Waals surface area contributed by atoms with Crippen molar-refractivity contribution in [2.75, 3.05) is 6.79 Å². The highest BCUT2D eigenvalue weighted by atomic mass is 16.7. The van der Waals surface area contributed by atoms with E-state index in [1.807, 2.05) is 6.07 Å². The van der Waals surface area contributed by atoms with E-state index >= 15 is 0 Å². The molecule has 1 aliphatic rings. The van der Waals surface area contributed by atoms with Crippen LogP contribution in [-0.2, 0) is 6.61 Å². The molecule has 0 saturated carbocycles. The number of aldehydes is 1. The minimum atomic E-state index is 0.175. The lowest BCUT2D eigenvalue weighted by Gasteiger charge is -2.10. The van der Waals surface area contributed by atoms with Gasteiger partial charge in [0.05, 0.1) is 5.56 Å². The first kappa shape index (κ1) is 13.5. The molecule has 0 unspecified atom stereocenters. The van der Waals surface area contributed by atoms with Crippen LogP contribution in [0.25, 0.3) is 0 Å². The summed E-state index contributed by atoms with van der Waals surface area (Å²) in [6.07, 6.45) is 0.762. The zero-order valence-electron chi connectivity index (χ0n) is 12.0. The zero-order valence-corrected chi connectivity index (χ0v) is 12.0. The van der Waals surface area contributed by atoms with Crippen LogP contribution in [0.1, 0.15) is 27.0 Å². The fourth-order valence-electron chi connectivity index (χ4n) is 2.21. The fraction of sp³-hybridized carbons (Fsp3) is 0.235. The summed E-state index contributed by atoms with van der Waals surface area (Å²) in [6.45, 7) is 4.72. The average molecular weight is 284 g/mol. The Morgan fingerprint density at radius 1 is 1.10 bits per heavy atom. The monoisotopic (exact) mass is 284 g/mol. The maximum atomic E-state index is 11.2. The zero-order chi connectivity index (χ0) is 14.8. The Bertz CT molecular complexity index is 691. The maximum Gasteiger partial charge on any atom is 0.231 e. The van der Waals surface area contributed by atoms with Crippen LogP contribution in [0.15, 0.2) is 30.3 Å². The number of aryl methyl sites for hydroxylation is 2. The summed E-state index contributed by atoms with van der Waals surface area (Å²) in [7, 11) is 0. The van der Waals surface area contributed by atoms with Gasteiger partial charge in [-0.15, -0.1) is 0 Å². The van der Waals surface area contributed by atoms with E-state index in [4.69, 9.17) is 14.2 Å². The number of rotatable bonds is 4. The summed E-state index contributed by atoms with van der Waals surface area (Å²) >= 11 is 0. The molecule has 2 aromatic carbocycles. The number of hydrogen-bond acceptors (Lipinski definition) is 4. The number of hydrogen-bond donors (Lipinski definition) is 0. The van der Waals surface area contributed by atoms with Crippen LogP contribution in [0.4, 0.5) is 0 Å². The second-order valence-electron chi connectivity index (χ2n) is 5.07. The van der Waals surface area contributed by atoms with E-state index in [9.17, 15) is 4.79 Å². The molecule has 3 rings (SSSR count). The molecular weight excluding hydrogens is 268 g/mol. The van der Waals surface area contributed by atoms with Crippen molar-refractivity contribution in [3.63, 3.8) is 0 Å².